The number of hydrogen-bond acceptors (Lipinski definition) is 8. The van der Waals surface area contributed by atoms with Crippen LogP contribution in [0.2, 0.25) is 0 Å². The van der Waals surface area contributed by atoms with Crippen molar-refractivity contribution in [2.24, 2.45) is 0 Å². The van der Waals surface area contributed by atoms with Crippen LogP contribution in [0.15, 0.2) is 29.6 Å². The third-order valence-corrected chi connectivity index (χ3v) is 6.61. The number of nitrogens with one attached hydrogen (secondary N) is 2. The summed E-state index contributed by atoms with van der Waals surface area (Å²) in [4.78, 5) is 46.3. The Morgan fingerprint density at radius 2 is 1.94 bits per heavy atom. The topological polar surface area (TPSA) is 110 Å². The summed E-state index contributed by atoms with van der Waals surface area (Å²) < 4.78 is 18.1. The second-order valence-corrected chi connectivity index (χ2v) is 8.94. The maximum atomic E-state index is 13.0. The van der Waals surface area contributed by atoms with Crippen molar-refractivity contribution in [3.63, 3.8) is 0 Å². The molecule has 2 heterocycles. The average Bonchev–Trinajstić information content (AvgIpc) is 3.44. The zero-order valence-corrected chi connectivity index (χ0v) is 18.6. The van der Waals surface area contributed by atoms with Crippen molar-refractivity contribution in [3.8, 4) is 0 Å². The quantitative estimate of drug-likeness (QED) is 0.505. The molecule has 0 aliphatic heterocycles. The number of rotatable bonds is 7. The Morgan fingerprint density at radius 1 is 1.16 bits per heavy atom. The molecular formula is C21H19FN4O4S2. The first-order valence-corrected chi connectivity index (χ1v) is 11.6. The number of thiazole rings is 2. The van der Waals surface area contributed by atoms with Crippen LogP contribution in [0.4, 0.5) is 14.7 Å². The Kier molecular flexibility index (Phi) is 6.56. The predicted octanol–water partition coefficient (Wildman–Crippen LogP) is 3.77. The number of aromatic nitrogens is 2. The first-order chi connectivity index (χ1) is 15.4. The highest BCUT2D eigenvalue weighted by atomic mass is 32.1. The first-order valence-electron chi connectivity index (χ1n) is 9.90. The smallest absolute Gasteiger partial charge is 0.315 e. The first kappa shape index (κ1) is 22.0. The minimum absolute atomic E-state index is 0.00840. The van der Waals surface area contributed by atoms with Crippen LogP contribution in [0.3, 0.4) is 0 Å². The van der Waals surface area contributed by atoms with E-state index in [0.29, 0.717) is 40.2 Å². The van der Waals surface area contributed by atoms with Gasteiger partial charge in [-0.25, -0.2) is 14.4 Å². The van der Waals surface area contributed by atoms with Crippen molar-refractivity contribution >= 4 is 50.7 Å². The van der Waals surface area contributed by atoms with Crippen LogP contribution in [-0.2, 0) is 27.2 Å². The molecule has 8 nitrogen and oxygen atoms in total. The number of carbonyl (C=O) groups excluding carboxylic acids is 3. The molecule has 3 aromatic rings. The van der Waals surface area contributed by atoms with Gasteiger partial charge in [0.2, 0.25) is 5.91 Å². The molecule has 1 aliphatic carbocycles. The van der Waals surface area contributed by atoms with E-state index >= 15 is 0 Å². The summed E-state index contributed by atoms with van der Waals surface area (Å²) in [5.41, 5.74) is 1.48. The van der Waals surface area contributed by atoms with Gasteiger partial charge in [0, 0.05) is 15.8 Å². The number of amides is 2. The SMILES string of the molecule is CCOC(=O)C1CCc2sc(NC(=O)Cc3csc(NC(=O)c4ccc(F)cc4)n3)nc21. The summed E-state index contributed by atoms with van der Waals surface area (Å²) in [6, 6.07) is 5.17. The molecule has 2 amide bonds. The van der Waals surface area contributed by atoms with Crippen molar-refractivity contribution in [1.29, 1.82) is 0 Å². The Bertz CT molecular complexity index is 1160. The maximum absolute atomic E-state index is 13.0. The van der Waals surface area contributed by atoms with Gasteiger partial charge in [-0.2, -0.15) is 0 Å². The number of carbonyl (C=O) groups is 3. The summed E-state index contributed by atoms with van der Waals surface area (Å²) in [5.74, 6) is -1.80. The van der Waals surface area contributed by atoms with Gasteiger partial charge in [-0.1, -0.05) is 0 Å². The zero-order valence-electron chi connectivity index (χ0n) is 17.0. The molecule has 2 N–H and O–H groups in total. The number of nitrogens with zero attached hydrogens (tertiary/aromatic N) is 2. The molecule has 0 spiro atoms. The highest BCUT2D eigenvalue weighted by molar-refractivity contribution is 7.16. The van der Waals surface area contributed by atoms with Crippen LogP contribution in [-0.4, -0.2) is 34.4 Å². The van der Waals surface area contributed by atoms with Gasteiger partial charge in [-0.15, -0.1) is 22.7 Å². The van der Waals surface area contributed by atoms with Gasteiger partial charge >= 0.3 is 5.97 Å². The van der Waals surface area contributed by atoms with Crippen molar-refractivity contribution in [3.05, 3.63) is 57.3 Å². The van der Waals surface area contributed by atoms with Gasteiger partial charge in [0.15, 0.2) is 10.3 Å². The van der Waals surface area contributed by atoms with Crippen LogP contribution in [0.5, 0.6) is 0 Å². The molecule has 0 saturated carbocycles. The minimum Gasteiger partial charge on any atom is -0.465 e. The normalized spacial score (nSPS) is 14.6. The number of esters is 1. The molecule has 1 atom stereocenters. The van der Waals surface area contributed by atoms with Crippen LogP contribution < -0.4 is 10.6 Å². The summed E-state index contributed by atoms with van der Waals surface area (Å²) >= 11 is 2.55. The third-order valence-electron chi connectivity index (χ3n) is 4.76. The van der Waals surface area contributed by atoms with E-state index in [2.05, 4.69) is 20.6 Å². The van der Waals surface area contributed by atoms with Crippen molar-refractivity contribution in [2.45, 2.75) is 32.1 Å². The Labute approximate surface area is 190 Å². The van der Waals surface area contributed by atoms with Crippen molar-refractivity contribution in [1.82, 2.24) is 9.97 Å². The predicted molar refractivity (Wildman–Crippen MR) is 119 cm³/mol. The molecule has 0 saturated heterocycles. The molecule has 4 rings (SSSR count). The standard InChI is InChI=1S/C21H19FN4O4S2/c1-2-30-19(29)14-7-8-15-17(14)25-21(32-15)24-16(27)9-13-10-31-20(23-13)26-18(28)11-3-5-12(22)6-4-11/h3-6,10,14H,2,7-9H2,1H3,(H,23,26,28)(H,24,25,27). The van der Waals surface area contributed by atoms with E-state index in [1.165, 1.54) is 46.9 Å². The van der Waals surface area contributed by atoms with Crippen molar-refractivity contribution < 1.29 is 23.5 Å². The van der Waals surface area contributed by atoms with Crippen LogP contribution in [0.1, 0.15) is 45.9 Å². The molecule has 32 heavy (non-hydrogen) atoms. The molecule has 166 valence electrons. The van der Waals surface area contributed by atoms with E-state index in [0.717, 1.165) is 11.3 Å². The molecule has 2 aromatic heterocycles. The summed E-state index contributed by atoms with van der Waals surface area (Å²) in [5, 5.41) is 7.84. The highest BCUT2D eigenvalue weighted by Crippen LogP contribution is 2.39. The molecular weight excluding hydrogens is 455 g/mol. The summed E-state index contributed by atoms with van der Waals surface area (Å²) in [7, 11) is 0. The Balaban J connectivity index is 1.33. The van der Waals surface area contributed by atoms with Gasteiger partial charge in [0.1, 0.15) is 11.7 Å². The van der Waals surface area contributed by atoms with Gasteiger partial charge < -0.3 is 10.1 Å². The second-order valence-electron chi connectivity index (χ2n) is 7.00. The lowest BCUT2D eigenvalue weighted by Gasteiger charge is -2.07. The molecule has 0 fully saturated rings. The lowest BCUT2D eigenvalue weighted by atomic mass is 10.1. The van der Waals surface area contributed by atoms with Crippen LogP contribution >= 0.6 is 22.7 Å². The average molecular weight is 475 g/mol. The number of anilines is 2. The van der Waals surface area contributed by atoms with Gasteiger partial charge in [-0.05, 0) is 44.0 Å². The summed E-state index contributed by atoms with van der Waals surface area (Å²) in [6.07, 6.45) is 1.41. The molecule has 0 bridgehead atoms. The number of hydrogen-bond donors (Lipinski definition) is 2. The Morgan fingerprint density at radius 3 is 2.69 bits per heavy atom. The fourth-order valence-corrected chi connectivity index (χ4v) is 5.06. The van der Waals surface area contributed by atoms with Gasteiger partial charge in [-0.3, -0.25) is 19.7 Å². The maximum Gasteiger partial charge on any atom is 0.315 e. The number of ether oxygens (including phenoxy) is 1. The molecule has 0 radical (unpaired) electrons. The second kappa shape index (κ2) is 9.53. The number of halogens is 1. The van der Waals surface area contributed by atoms with Crippen molar-refractivity contribution in [2.75, 3.05) is 17.2 Å². The highest BCUT2D eigenvalue weighted by Gasteiger charge is 2.33. The Hall–Kier alpha value is -3.18. The molecule has 1 unspecified atom stereocenters. The number of aryl methyl sites for hydroxylation is 1. The molecule has 1 aliphatic rings. The lowest BCUT2D eigenvalue weighted by molar-refractivity contribution is -0.145. The molecule has 11 heteroatoms. The van der Waals surface area contributed by atoms with E-state index < -0.39 is 11.7 Å². The molecule has 1 aromatic carbocycles. The van der Waals surface area contributed by atoms with E-state index in [1.54, 1.807) is 12.3 Å². The fraction of sp³-hybridized carbons (Fsp3) is 0.286. The van der Waals surface area contributed by atoms with E-state index in [4.69, 9.17) is 4.74 Å². The van der Waals surface area contributed by atoms with Crippen LogP contribution in [0, 0.1) is 5.82 Å². The zero-order chi connectivity index (χ0) is 22.7. The summed E-state index contributed by atoms with van der Waals surface area (Å²) in [6.45, 7) is 2.08. The van der Waals surface area contributed by atoms with E-state index in [9.17, 15) is 18.8 Å². The van der Waals surface area contributed by atoms with Gasteiger partial charge in [0.25, 0.3) is 5.91 Å². The van der Waals surface area contributed by atoms with E-state index in [-0.39, 0.29) is 24.2 Å². The third kappa shape index (κ3) is 5.00. The monoisotopic (exact) mass is 474 g/mol. The van der Waals surface area contributed by atoms with E-state index in [1.807, 2.05) is 0 Å². The largest absolute Gasteiger partial charge is 0.465 e. The lowest BCUT2D eigenvalue weighted by Crippen LogP contribution is -2.16. The van der Waals surface area contributed by atoms with Crippen LogP contribution in [0.25, 0.3) is 0 Å². The fourth-order valence-electron chi connectivity index (χ4n) is 3.30. The minimum atomic E-state index is -0.425. The number of fused-ring (bicyclic) bond motifs is 1. The van der Waals surface area contributed by atoms with Gasteiger partial charge in [0.05, 0.1) is 24.4 Å². The number of benzene rings is 1.